The van der Waals surface area contributed by atoms with E-state index in [4.69, 9.17) is 37.0 Å². The zero-order valence-electron chi connectivity index (χ0n) is 67.5. The number of phosphoric acid groups is 2. The predicted molar refractivity (Wildman–Crippen MR) is 445 cm³/mol. The zero-order chi connectivity index (χ0) is 78.9. The number of phosphoric ester groups is 2. The van der Waals surface area contributed by atoms with Crippen molar-refractivity contribution in [3.05, 3.63) is 158 Å². The molecule has 0 aliphatic heterocycles. The van der Waals surface area contributed by atoms with Gasteiger partial charge in [0.25, 0.3) is 0 Å². The number of hydrogen-bond donors (Lipinski definition) is 3. The number of carbonyl (C=O) groups excluding carboxylic acids is 4. The van der Waals surface area contributed by atoms with E-state index in [1.807, 2.05) is 0 Å². The molecule has 5 atom stereocenters. The lowest BCUT2D eigenvalue weighted by Crippen LogP contribution is -2.30. The van der Waals surface area contributed by atoms with Crippen molar-refractivity contribution in [1.82, 2.24) is 0 Å². The molecule has 0 saturated carbocycles. The van der Waals surface area contributed by atoms with Gasteiger partial charge in [0.2, 0.25) is 0 Å². The maximum absolute atomic E-state index is 13.1. The molecule has 0 aromatic carbocycles. The molecule has 0 bridgehead atoms. The summed E-state index contributed by atoms with van der Waals surface area (Å²) in [5.74, 6) is -2.25. The van der Waals surface area contributed by atoms with Crippen LogP contribution in [0, 0.1) is 0 Å². The van der Waals surface area contributed by atoms with E-state index in [9.17, 15) is 43.2 Å². The molecule has 19 heteroatoms. The molecule has 0 aromatic rings. The first kappa shape index (κ1) is 103. The largest absolute Gasteiger partial charge is 0.472 e. The molecule has 0 amide bonds. The summed E-state index contributed by atoms with van der Waals surface area (Å²) in [6, 6.07) is 0. The second-order valence-corrected chi connectivity index (χ2v) is 30.2. The Morgan fingerprint density at radius 2 is 0.481 bits per heavy atom. The van der Waals surface area contributed by atoms with Gasteiger partial charge in [-0.2, -0.15) is 0 Å². The monoisotopic (exact) mass is 1550 g/mol. The van der Waals surface area contributed by atoms with Crippen LogP contribution in [0.1, 0.15) is 323 Å². The lowest BCUT2D eigenvalue weighted by atomic mass is 10.1. The maximum atomic E-state index is 13.1. The SMILES string of the molecule is CC/C=C\C/C=C\C/C=C\C/C=C\CCCCCCC(=O)OCC(COP(=O)(O)OCC(O)COP(=O)(O)OCC(COC(=O)CCCCCCCC/C=C\C/C=C\C/C=C\CCCCC)OC(=O)CCCCCCCCC/C=C\C/C=C\C/C=C\CC)OC(=O)CCCCCCC/C=C\C/C=C\C/C=C\CC. The Bertz CT molecular complexity index is 2660. The first-order valence-electron chi connectivity index (χ1n) is 41.7. The van der Waals surface area contributed by atoms with Gasteiger partial charge < -0.3 is 33.8 Å². The van der Waals surface area contributed by atoms with E-state index in [0.29, 0.717) is 25.7 Å². The van der Waals surface area contributed by atoms with Gasteiger partial charge in [0, 0.05) is 25.7 Å². The summed E-state index contributed by atoms with van der Waals surface area (Å²) in [4.78, 5) is 73.2. The van der Waals surface area contributed by atoms with Crippen molar-refractivity contribution < 1.29 is 80.2 Å². The van der Waals surface area contributed by atoms with E-state index < -0.39 is 97.5 Å². The van der Waals surface area contributed by atoms with E-state index in [2.05, 4.69) is 186 Å². The lowest BCUT2D eigenvalue weighted by Gasteiger charge is -2.21. The summed E-state index contributed by atoms with van der Waals surface area (Å²) in [5.41, 5.74) is 0. The summed E-state index contributed by atoms with van der Waals surface area (Å²) in [6.07, 6.45) is 93.4. The van der Waals surface area contributed by atoms with Crippen molar-refractivity contribution in [2.24, 2.45) is 0 Å². The number of aliphatic hydroxyl groups excluding tert-OH is 1. The Hall–Kier alpha value is -5.32. The number of allylic oxidation sites excluding steroid dienone is 26. The summed E-state index contributed by atoms with van der Waals surface area (Å²) >= 11 is 0. The summed E-state index contributed by atoms with van der Waals surface area (Å²) in [5, 5.41) is 10.7. The third kappa shape index (κ3) is 78.8. The van der Waals surface area contributed by atoms with Crippen LogP contribution < -0.4 is 0 Å². The van der Waals surface area contributed by atoms with Gasteiger partial charge in [-0.25, -0.2) is 9.13 Å². The lowest BCUT2D eigenvalue weighted by molar-refractivity contribution is -0.161. The molecule has 0 heterocycles. The zero-order valence-corrected chi connectivity index (χ0v) is 69.3. The normalized spacial score (nSPS) is 14.6. The van der Waals surface area contributed by atoms with E-state index in [1.165, 1.54) is 19.3 Å². The molecule has 108 heavy (non-hydrogen) atoms. The van der Waals surface area contributed by atoms with Crippen molar-refractivity contribution in [2.45, 2.75) is 341 Å². The van der Waals surface area contributed by atoms with Gasteiger partial charge in [0.05, 0.1) is 26.4 Å². The molecular formula is C89H148O17P2. The Labute approximate surface area is 655 Å². The van der Waals surface area contributed by atoms with Crippen LogP contribution in [0.25, 0.3) is 0 Å². The van der Waals surface area contributed by atoms with Crippen LogP contribution in [0.15, 0.2) is 158 Å². The molecule has 3 N–H and O–H groups in total. The second kappa shape index (κ2) is 79.8. The minimum absolute atomic E-state index is 0.0648. The fourth-order valence-electron chi connectivity index (χ4n) is 10.7. The molecule has 5 unspecified atom stereocenters. The fraction of sp³-hybridized carbons (Fsp3) is 0.663. The number of rotatable bonds is 77. The molecule has 17 nitrogen and oxygen atoms in total. The van der Waals surface area contributed by atoms with E-state index in [1.54, 1.807) is 0 Å². The summed E-state index contributed by atoms with van der Waals surface area (Å²) in [7, 11) is -9.99. The molecule has 616 valence electrons. The van der Waals surface area contributed by atoms with Crippen LogP contribution in [0.4, 0.5) is 0 Å². The minimum Gasteiger partial charge on any atom is -0.462 e. The van der Waals surface area contributed by atoms with E-state index in [-0.39, 0.29) is 25.7 Å². The molecule has 0 radical (unpaired) electrons. The smallest absolute Gasteiger partial charge is 0.462 e. The number of unbranched alkanes of at least 4 members (excludes halogenated alkanes) is 25. The molecule has 0 rings (SSSR count). The third-order valence-corrected chi connectivity index (χ3v) is 18.9. The van der Waals surface area contributed by atoms with Crippen molar-refractivity contribution in [2.75, 3.05) is 39.6 Å². The second-order valence-electron chi connectivity index (χ2n) is 27.3. The molecule has 0 aliphatic rings. The molecule has 0 aromatic heterocycles. The fourth-order valence-corrected chi connectivity index (χ4v) is 12.3. The van der Waals surface area contributed by atoms with Crippen molar-refractivity contribution >= 4 is 39.5 Å². The molecular weight excluding hydrogens is 1400 g/mol. The Morgan fingerprint density at radius 3 is 0.741 bits per heavy atom. The van der Waals surface area contributed by atoms with Crippen LogP contribution in [0.5, 0.6) is 0 Å². The van der Waals surface area contributed by atoms with E-state index >= 15 is 0 Å². The summed E-state index contributed by atoms with van der Waals surface area (Å²) in [6.45, 7) is 4.46. The van der Waals surface area contributed by atoms with Gasteiger partial charge in [0.1, 0.15) is 19.3 Å². The average molecular weight is 1550 g/mol. The standard InChI is InChI=1S/C89H148O17P2/c1-5-9-13-17-21-25-29-33-37-40-41-44-47-50-54-58-62-66-70-74-87(92)100-80-85(106-89(94)76-72-68-64-60-56-52-48-43-39-35-31-27-23-19-15-11-7-3)82-104-108(97,98)102-78-83(90)77-101-107(95,96)103-81-84(105-88(93)75-71-67-63-59-55-51-45-36-32-28-24-20-16-12-8-4)79-99-86(91)73-69-65-61-57-53-49-46-42-38-34-30-26-22-18-14-10-6-2/h10-12,14-16,21-28,33-39,41,44-46,49,83-85,90H,5-9,13,17-20,29-32,40,42-43,47-48,50-82H2,1-4H3,(H,95,96)(H,97,98)/b14-10-,15-11-,16-12-,25-21-,26-22-,27-23-,28-24-,37-33-,38-34-,39-35-,44-41-,45-36-,49-46-. The Morgan fingerprint density at radius 1 is 0.269 bits per heavy atom. The number of esters is 4. The number of hydrogen-bond acceptors (Lipinski definition) is 15. The van der Waals surface area contributed by atoms with Crippen LogP contribution in [0.3, 0.4) is 0 Å². The first-order chi connectivity index (χ1) is 52.7. The van der Waals surface area contributed by atoms with Crippen LogP contribution in [-0.2, 0) is 65.4 Å². The molecule has 0 spiro atoms. The van der Waals surface area contributed by atoms with Crippen LogP contribution in [-0.4, -0.2) is 96.7 Å². The highest BCUT2D eigenvalue weighted by atomic mass is 31.2. The quantitative estimate of drug-likeness (QED) is 0.0169. The van der Waals surface area contributed by atoms with Crippen molar-refractivity contribution in [3.8, 4) is 0 Å². The van der Waals surface area contributed by atoms with Gasteiger partial charge in [0.15, 0.2) is 12.2 Å². The van der Waals surface area contributed by atoms with Gasteiger partial charge in [-0.05, 0) is 167 Å². The Balaban J connectivity index is 5.43. The molecule has 0 aliphatic carbocycles. The summed E-state index contributed by atoms with van der Waals surface area (Å²) < 4.78 is 68.7. The highest BCUT2D eigenvalue weighted by Gasteiger charge is 2.30. The van der Waals surface area contributed by atoms with Crippen molar-refractivity contribution in [3.63, 3.8) is 0 Å². The molecule has 0 fully saturated rings. The number of ether oxygens (including phenoxy) is 4. The highest BCUT2D eigenvalue weighted by molar-refractivity contribution is 7.47. The predicted octanol–water partition coefficient (Wildman–Crippen LogP) is 24.8. The van der Waals surface area contributed by atoms with Gasteiger partial charge in [-0.15, -0.1) is 0 Å². The van der Waals surface area contributed by atoms with Crippen molar-refractivity contribution in [1.29, 1.82) is 0 Å². The minimum atomic E-state index is -5.00. The van der Waals surface area contributed by atoms with Gasteiger partial charge >= 0.3 is 39.5 Å². The maximum Gasteiger partial charge on any atom is 0.472 e. The number of carbonyl (C=O) groups is 4. The highest BCUT2D eigenvalue weighted by Crippen LogP contribution is 2.45. The number of aliphatic hydroxyl groups is 1. The Kier molecular flexibility index (Phi) is 75.8. The average Bonchev–Trinajstić information content (AvgIpc) is 0.906. The van der Waals surface area contributed by atoms with Crippen LogP contribution >= 0.6 is 15.6 Å². The van der Waals surface area contributed by atoms with Gasteiger partial charge in [-0.3, -0.25) is 37.3 Å². The van der Waals surface area contributed by atoms with Gasteiger partial charge in [-0.1, -0.05) is 288 Å². The van der Waals surface area contributed by atoms with E-state index in [0.717, 1.165) is 225 Å². The first-order valence-corrected chi connectivity index (χ1v) is 44.7. The molecule has 0 saturated heterocycles. The topological polar surface area (TPSA) is 237 Å². The third-order valence-electron chi connectivity index (χ3n) is 17.0. The van der Waals surface area contributed by atoms with Crippen LogP contribution in [0.2, 0.25) is 0 Å².